The van der Waals surface area contributed by atoms with Crippen molar-refractivity contribution in [2.45, 2.75) is 32.0 Å². The lowest BCUT2D eigenvalue weighted by Gasteiger charge is -2.17. The summed E-state index contributed by atoms with van der Waals surface area (Å²) < 4.78 is 104. The molecule has 0 fully saturated rings. The third kappa shape index (κ3) is 4.44. The smallest absolute Gasteiger partial charge is 0.310 e. The van der Waals surface area contributed by atoms with Gasteiger partial charge in [-0.1, -0.05) is 60.5 Å². The molecule has 0 bridgehead atoms. The van der Waals surface area contributed by atoms with E-state index >= 15 is 0 Å². The van der Waals surface area contributed by atoms with Gasteiger partial charge in [-0.25, -0.2) is 0 Å². The number of alkyl halides is 3. The van der Waals surface area contributed by atoms with Gasteiger partial charge < -0.3 is 5.32 Å². The molecule has 3 rings (SSSR count). The van der Waals surface area contributed by atoms with E-state index < -0.39 is 60.1 Å². The van der Waals surface area contributed by atoms with Crippen LogP contribution in [0.15, 0.2) is 66.6 Å². The van der Waals surface area contributed by atoms with E-state index in [0.717, 1.165) is 12.1 Å². The van der Waals surface area contributed by atoms with Crippen LogP contribution < -0.4 is 5.32 Å². The Morgan fingerprint density at radius 2 is 1.88 bits per heavy atom. The van der Waals surface area contributed by atoms with Crippen molar-refractivity contribution in [3.8, 4) is 0 Å². The van der Waals surface area contributed by atoms with Gasteiger partial charge in [-0.15, -0.1) is 0 Å². The normalized spacial score (nSPS) is 18.6. The number of fused-ring (bicyclic) bond motifs is 1. The zero-order valence-corrected chi connectivity index (χ0v) is 14.1. The Morgan fingerprint density at radius 3 is 2.69 bits per heavy atom. The van der Waals surface area contributed by atoms with E-state index in [2.05, 4.69) is 5.32 Å². The van der Waals surface area contributed by atoms with Crippen molar-refractivity contribution in [1.82, 2.24) is 5.32 Å². The Bertz CT molecular complexity index is 1250. The standard InChI is InChI=1S/C22H22F3N/c1-16(20-13-5-10-18-9-2-3-12-21(18)20)26-14-6-8-17-7-4-11-19(15-17)22(23,24)25/h2-5,7,9-13,15-16,26H,6,8,14H2,1H3/t16-/m0/s1/i2D,3D,5D,9D,10D,12D,13D,16D. The fourth-order valence-corrected chi connectivity index (χ4v) is 2.65. The molecule has 0 aliphatic carbocycles. The van der Waals surface area contributed by atoms with E-state index in [0.29, 0.717) is 12.0 Å². The molecule has 0 heterocycles. The van der Waals surface area contributed by atoms with Gasteiger partial charge in [-0.2, -0.15) is 13.2 Å². The van der Waals surface area contributed by atoms with Crippen LogP contribution in [0.2, 0.25) is 0 Å². The van der Waals surface area contributed by atoms with Crippen molar-refractivity contribution in [1.29, 1.82) is 0 Å². The first-order chi connectivity index (χ1) is 15.7. The lowest BCUT2D eigenvalue weighted by molar-refractivity contribution is -0.137. The van der Waals surface area contributed by atoms with Crippen molar-refractivity contribution >= 4 is 10.8 Å². The molecular weight excluding hydrogens is 335 g/mol. The molecule has 0 unspecified atom stereocenters. The van der Waals surface area contributed by atoms with E-state index in [4.69, 9.17) is 11.0 Å². The van der Waals surface area contributed by atoms with Crippen molar-refractivity contribution in [3.63, 3.8) is 0 Å². The second-order valence-electron chi connectivity index (χ2n) is 5.85. The zero-order valence-electron chi connectivity index (χ0n) is 22.1. The summed E-state index contributed by atoms with van der Waals surface area (Å²) in [4.78, 5) is 0. The molecule has 0 radical (unpaired) electrons. The van der Waals surface area contributed by atoms with Crippen LogP contribution in [-0.2, 0) is 12.6 Å². The highest BCUT2D eigenvalue weighted by Gasteiger charge is 2.30. The number of aryl methyl sites for hydroxylation is 1. The van der Waals surface area contributed by atoms with Crippen molar-refractivity contribution < 1.29 is 24.1 Å². The number of halogens is 3. The first-order valence-electron chi connectivity index (χ1n) is 12.1. The van der Waals surface area contributed by atoms with Crippen molar-refractivity contribution in [2.75, 3.05) is 6.54 Å². The molecule has 0 spiro atoms. The summed E-state index contributed by atoms with van der Waals surface area (Å²) >= 11 is 0. The average Bonchev–Trinajstić information content (AvgIpc) is 2.76. The number of benzene rings is 3. The van der Waals surface area contributed by atoms with Crippen LogP contribution in [0, 0.1) is 0 Å². The summed E-state index contributed by atoms with van der Waals surface area (Å²) in [7, 11) is 0. The summed E-state index contributed by atoms with van der Waals surface area (Å²) in [5.74, 6) is 0. The maximum absolute atomic E-state index is 12.9. The van der Waals surface area contributed by atoms with Gasteiger partial charge in [0.05, 0.1) is 16.5 Å². The summed E-state index contributed by atoms with van der Waals surface area (Å²) in [5.41, 5.74) is -0.438. The van der Waals surface area contributed by atoms with E-state index in [9.17, 15) is 13.2 Å². The molecular formula is C22H22F3N. The molecule has 26 heavy (non-hydrogen) atoms. The molecule has 0 aromatic heterocycles. The predicted octanol–water partition coefficient (Wildman–Crippen LogP) is 6.14. The minimum atomic E-state index is -4.45. The Morgan fingerprint density at radius 1 is 1.12 bits per heavy atom. The summed E-state index contributed by atoms with van der Waals surface area (Å²) in [6.45, 7) is 1.52. The van der Waals surface area contributed by atoms with E-state index in [1.807, 2.05) is 0 Å². The second-order valence-corrected chi connectivity index (χ2v) is 5.85. The van der Waals surface area contributed by atoms with Crippen LogP contribution in [0.4, 0.5) is 13.2 Å². The lowest BCUT2D eigenvalue weighted by atomic mass is 9.99. The Hall–Kier alpha value is -2.33. The van der Waals surface area contributed by atoms with Crippen LogP contribution in [0.5, 0.6) is 0 Å². The zero-order chi connectivity index (χ0) is 25.6. The average molecular weight is 365 g/mol. The van der Waals surface area contributed by atoms with Crippen LogP contribution in [0.1, 0.15) is 47.0 Å². The first kappa shape index (κ1) is 10.7. The molecule has 0 amide bonds. The van der Waals surface area contributed by atoms with Crippen LogP contribution in [0.25, 0.3) is 10.8 Å². The monoisotopic (exact) mass is 365 g/mol. The number of hydrogen-bond acceptors (Lipinski definition) is 1. The van der Waals surface area contributed by atoms with Gasteiger partial charge >= 0.3 is 6.18 Å². The summed E-state index contributed by atoms with van der Waals surface area (Å²) in [6, 6.07) is -0.572. The number of rotatable bonds is 6. The maximum Gasteiger partial charge on any atom is 0.416 e. The Balaban J connectivity index is 1.92. The quantitative estimate of drug-likeness (QED) is 0.517. The third-order valence-corrected chi connectivity index (χ3v) is 3.97. The molecule has 4 heteroatoms. The van der Waals surface area contributed by atoms with E-state index in [-0.39, 0.29) is 29.3 Å². The van der Waals surface area contributed by atoms with Gasteiger partial charge in [0.2, 0.25) is 0 Å². The molecule has 3 aromatic rings. The van der Waals surface area contributed by atoms with Crippen LogP contribution in [-0.4, -0.2) is 6.54 Å². The summed E-state index contributed by atoms with van der Waals surface area (Å²) in [6.07, 6.45) is -3.81. The van der Waals surface area contributed by atoms with E-state index in [1.54, 1.807) is 6.07 Å². The van der Waals surface area contributed by atoms with E-state index in [1.165, 1.54) is 13.0 Å². The molecule has 0 saturated heterocycles. The largest absolute Gasteiger partial charge is 0.416 e. The van der Waals surface area contributed by atoms with Crippen LogP contribution >= 0.6 is 0 Å². The highest BCUT2D eigenvalue weighted by molar-refractivity contribution is 5.86. The molecule has 0 saturated carbocycles. The highest BCUT2D eigenvalue weighted by Crippen LogP contribution is 2.29. The van der Waals surface area contributed by atoms with Crippen molar-refractivity contribution in [3.05, 3.63) is 83.3 Å². The molecule has 136 valence electrons. The van der Waals surface area contributed by atoms with Gasteiger partial charge in [-0.3, -0.25) is 0 Å². The third-order valence-electron chi connectivity index (χ3n) is 3.97. The number of hydrogen-bond donors (Lipinski definition) is 1. The van der Waals surface area contributed by atoms with Gasteiger partial charge in [0.25, 0.3) is 0 Å². The minimum absolute atomic E-state index is 0.151. The van der Waals surface area contributed by atoms with Gasteiger partial charge in [0.15, 0.2) is 0 Å². The SMILES string of the molecule is [2H]c1c([2H])c([2H])c2c([C@]([2H])(C)NCCCc3cccc(C(F)(F)F)c3)c([2H])c([2H])c([2H])c2c1[2H]. The molecule has 3 aromatic carbocycles. The molecule has 0 aliphatic rings. The van der Waals surface area contributed by atoms with Crippen molar-refractivity contribution in [2.24, 2.45) is 0 Å². The number of nitrogens with one attached hydrogen (secondary N) is 1. The lowest BCUT2D eigenvalue weighted by Crippen LogP contribution is -2.20. The first-order valence-corrected chi connectivity index (χ1v) is 8.10. The van der Waals surface area contributed by atoms with Gasteiger partial charge in [0, 0.05) is 6.02 Å². The topological polar surface area (TPSA) is 12.0 Å². The maximum atomic E-state index is 12.9. The van der Waals surface area contributed by atoms with Gasteiger partial charge in [0.1, 0.15) is 0 Å². The molecule has 1 N–H and O–H groups in total. The molecule has 1 nitrogen and oxygen atoms in total. The fourth-order valence-electron chi connectivity index (χ4n) is 2.65. The molecule has 1 atom stereocenters. The van der Waals surface area contributed by atoms with Gasteiger partial charge in [-0.05, 0) is 54.3 Å². The fraction of sp³-hybridized carbons (Fsp3) is 0.273. The van der Waals surface area contributed by atoms with Crippen LogP contribution in [0.3, 0.4) is 0 Å². The second kappa shape index (κ2) is 7.92. The molecule has 0 aliphatic heterocycles. The Labute approximate surface area is 163 Å². The summed E-state index contributed by atoms with van der Waals surface area (Å²) in [5, 5.41) is 2.48. The Kier molecular flexibility index (Phi) is 3.27. The minimum Gasteiger partial charge on any atom is -0.310 e. The predicted molar refractivity (Wildman–Crippen MR) is 100 cm³/mol. The highest BCUT2D eigenvalue weighted by atomic mass is 19.4.